The third-order valence-corrected chi connectivity index (χ3v) is 4.18. The van der Waals surface area contributed by atoms with Crippen LogP contribution < -0.4 is 4.90 Å². The van der Waals surface area contributed by atoms with E-state index in [0.29, 0.717) is 37.0 Å². The first-order valence-corrected chi connectivity index (χ1v) is 7.79. The fourth-order valence-electron chi connectivity index (χ4n) is 2.62. The Labute approximate surface area is 147 Å². The van der Waals surface area contributed by atoms with E-state index >= 15 is 0 Å². The Bertz CT molecular complexity index is 827. The van der Waals surface area contributed by atoms with Crippen LogP contribution in [0.5, 0.6) is 0 Å². The third-order valence-electron chi connectivity index (χ3n) is 3.91. The summed E-state index contributed by atoms with van der Waals surface area (Å²) in [6.45, 7) is 1.68. The average molecular weight is 366 g/mol. The quantitative estimate of drug-likeness (QED) is 0.611. The maximum Gasteiger partial charge on any atom is 0.272 e. The molecule has 1 saturated heterocycles. The van der Waals surface area contributed by atoms with Crippen molar-refractivity contribution in [1.29, 1.82) is 0 Å². The number of halogens is 2. The molecule has 0 spiro atoms. The number of nitrogens with zero attached hydrogens (tertiary/aromatic N) is 5. The van der Waals surface area contributed by atoms with Gasteiger partial charge in [0, 0.05) is 32.2 Å². The summed E-state index contributed by atoms with van der Waals surface area (Å²) in [7, 11) is 0. The highest BCUT2D eigenvalue weighted by Crippen LogP contribution is 2.23. The third kappa shape index (κ3) is 3.50. The van der Waals surface area contributed by atoms with E-state index in [1.54, 1.807) is 0 Å². The maximum atomic E-state index is 14.0. The molecule has 0 N–H and O–H groups in total. The number of aromatic nitrogens is 2. The highest BCUT2D eigenvalue weighted by Gasteiger charge is 2.26. The van der Waals surface area contributed by atoms with Gasteiger partial charge in [-0.05, 0) is 6.07 Å². The number of hydrogen-bond acceptors (Lipinski definition) is 6. The number of nitro benzene ring substituents is 1. The first kappa shape index (κ1) is 17.0. The molecule has 1 fully saturated rings. The minimum atomic E-state index is -0.902. The van der Waals surface area contributed by atoms with Gasteiger partial charge in [0.1, 0.15) is 17.2 Å². The van der Waals surface area contributed by atoms with Gasteiger partial charge in [-0.3, -0.25) is 14.9 Å². The predicted octanol–water partition coefficient (Wildman–Crippen LogP) is 2.14. The van der Waals surface area contributed by atoms with Gasteiger partial charge in [-0.25, -0.2) is 14.4 Å². The SMILES string of the molecule is O=C(c1ccc([N+](=O)[O-])cc1F)N1CCN(c2ncncc2Cl)CC1. The zero-order valence-electron chi connectivity index (χ0n) is 12.9. The summed E-state index contributed by atoms with van der Waals surface area (Å²) in [5, 5.41) is 11.1. The second-order valence-electron chi connectivity index (χ2n) is 5.39. The van der Waals surface area contributed by atoms with Crippen molar-refractivity contribution in [1.82, 2.24) is 14.9 Å². The number of carbonyl (C=O) groups excluding carboxylic acids is 1. The summed E-state index contributed by atoms with van der Waals surface area (Å²) < 4.78 is 14.0. The molecule has 1 aromatic carbocycles. The van der Waals surface area contributed by atoms with Gasteiger partial charge in [-0.2, -0.15) is 0 Å². The van der Waals surface area contributed by atoms with Crippen LogP contribution in [0.3, 0.4) is 0 Å². The lowest BCUT2D eigenvalue weighted by atomic mass is 10.1. The highest BCUT2D eigenvalue weighted by atomic mass is 35.5. The molecule has 3 rings (SSSR count). The van der Waals surface area contributed by atoms with E-state index in [4.69, 9.17) is 11.6 Å². The number of benzene rings is 1. The molecule has 0 atom stereocenters. The molecule has 8 nitrogen and oxygen atoms in total. The van der Waals surface area contributed by atoms with Crippen molar-refractivity contribution >= 4 is 29.0 Å². The Morgan fingerprint density at radius 1 is 1.28 bits per heavy atom. The second-order valence-corrected chi connectivity index (χ2v) is 5.80. The Morgan fingerprint density at radius 2 is 2.00 bits per heavy atom. The van der Waals surface area contributed by atoms with Gasteiger partial charge in [0.15, 0.2) is 5.82 Å². The number of rotatable bonds is 3. The molecule has 1 amide bonds. The second kappa shape index (κ2) is 6.98. The molecule has 0 bridgehead atoms. The monoisotopic (exact) mass is 365 g/mol. The van der Waals surface area contributed by atoms with Gasteiger partial charge < -0.3 is 9.80 Å². The summed E-state index contributed by atoms with van der Waals surface area (Å²) >= 11 is 6.06. The van der Waals surface area contributed by atoms with Crippen LogP contribution in [0, 0.1) is 15.9 Å². The predicted molar refractivity (Wildman–Crippen MR) is 88.2 cm³/mol. The lowest BCUT2D eigenvalue weighted by Gasteiger charge is -2.35. The topological polar surface area (TPSA) is 92.5 Å². The number of anilines is 1. The summed E-state index contributed by atoms with van der Waals surface area (Å²) in [4.78, 5) is 33.8. The highest BCUT2D eigenvalue weighted by molar-refractivity contribution is 6.32. The van der Waals surface area contributed by atoms with Crippen LogP contribution in [-0.2, 0) is 0 Å². The lowest BCUT2D eigenvalue weighted by Crippen LogP contribution is -2.49. The van der Waals surface area contributed by atoms with E-state index < -0.39 is 22.3 Å². The number of nitro groups is 1. The lowest BCUT2D eigenvalue weighted by molar-refractivity contribution is -0.385. The molecule has 0 unspecified atom stereocenters. The van der Waals surface area contributed by atoms with Crippen LogP contribution in [0.15, 0.2) is 30.7 Å². The van der Waals surface area contributed by atoms with Gasteiger partial charge in [-0.1, -0.05) is 11.6 Å². The van der Waals surface area contributed by atoms with Crippen LogP contribution in [0.4, 0.5) is 15.9 Å². The molecule has 1 aromatic heterocycles. The van der Waals surface area contributed by atoms with E-state index in [2.05, 4.69) is 9.97 Å². The van der Waals surface area contributed by atoms with Gasteiger partial charge >= 0.3 is 0 Å². The van der Waals surface area contributed by atoms with Crippen molar-refractivity contribution in [3.8, 4) is 0 Å². The smallest absolute Gasteiger partial charge is 0.272 e. The Morgan fingerprint density at radius 3 is 2.60 bits per heavy atom. The molecule has 1 aliphatic rings. The molecule has 0 saturated carbocycles. The summed E-state index contributed by atoms with van der Waals surface area (Å²) in [6.07, 6.45) is 2.89. The van der Waals surface area contributed by atoms with Crippen LogP contribution >= 0.6 is 11.6 Å². The van der Waals surface area contributed by atoms with Crippen molar-refractivity contribution in [3.63, 3.8) is 0 Å². The fourth-order valence-corrected chi connectivity index (χ4v) is 2.85. The zero-order chi connectivity index (χ0) is 18.0. The van der Waals surface area contributed by atoms with Crippen LogP contribution in [-0.4, -0.2) is 51.9 Å². The summed E-state index contributed by atoms with van der Waals surface area (Å²) in [6, 6.07) is 3.01. The van der Waals surface area contributed by atoms with Gasteiger partial charge in [-0.15, -0.1) is 0 Å². The first-order chi connectivity index (χ1) is 12.0. The van der Waals surface area contributed by atoms with Gasteiger partial charge in [0.2, 0.25) is 0 Å². The molecule has 130 valence electrons. The van der Waals surface area contributed by atoms with E-state index in [-0.39, 0.29) is 5.56 Å². The standard InChI is InChI=1S/C15H13ClFN5O3/c16-12-8-18-9-19-14(12)20-3-5-21(6-4-20)15(23)11-2-1-10(22(24)25)7-13(11)17/h1-2,7-9H,3-6H2. The van der Waals surface area contributed by atoms with E-state index in [1.165, 1.54) is 17.4 Å². The molecule has 2 aromatic rings. The average Bonchev–Trinajstić information content (AvgIpc) is 2.61. The Hall–Kier alpha value is -2.81. The Kier molecular flexibility index (Phi) is 4.75. The van der Waals surface area contributed by atoms with Crippen molar-refractivity contribution < 1.29 is 14.1 Å². The zero-order valence-corrected chi connectivity index (χ0v) is 13.7. The van der Waals surface area contributed by atoms with E-state index in [9.17, 15) is 19.3 Å². The fraction of sp³-hybridized carbons (Fsp3) is 0.267. The molecular formula is C15H13ClFN5O3. The Balaban J connectivity index is 1.70. The summed E-state index contributed by atoms with van der Waals surface area (Å²) in [5.74, 6) is -0.813. The molecular weight excluding hydrogens is 353 g/mol. The number of non-ortho nitro benzene ring substituents is 1. The molecule has 10 heteroatoms. The normalized spacial score (nSPS) is 14.5. The van der Waals surface area contributed by atoms with Crippen molar-refractivity contribution in [3.05, 3.63) is 57.2 Å². The van der Waals surface area contributed by atoms with Crippen molar-refractivity contribution in [2.75, 3.05) is 31.1 Å². The largest absolute Gasteiger partial charge is 0.352 e. The van der Waals surface area contributed by atoms with E-state index in [0.717, 1.165) is 18.2 Å². The van der Waals surface area contributed by atoms with Crippen molar-refractivity contribution in [2.45, 2.75) is 0 Å². The molecule has 0 aliphatic carbocycles. The number of hydrogen-bond donors (Lipinski definition) is 0. The molecule has 1 aliphatic heterocycles. The van der Waals surface area contributed by atoms with Crippen LogP contribution in [0.2, 0.25) is 5.02 Å². The molecule has 25 heavy (non-hydrogen) atoms. The minimum absolute atomic E-state index is 0.181. The number of amides is 1. The first-order valence-electron chi connectivity index (χ1n) is 7.41. The van der Waals surface area contributed by atoms with Gasteiger partial charge in [0.25, 0.3) is 11.6 Å². The number of piperazine rings is 1. The van der Waals surface area contributed by atoms with E-state index in [1.807, 2.05) is 4.90 Å². The summed E-state index contributed by atoms with van der Waals surface area (Å²) in [5.41, 5.74) is -0.573. The van der Waals surface area contributed by atoms with Crippen molar-refractivity contribution in [2.24, 2.45) is 0 Å². The molecule has 0 radical (unpaired) electrons. The minimum Gasteiger partial charge on any atom is -0.352 e. The molecule has 2 heterocycles. The van der Waals surface area contributed by atoms with Crippen LogP contribution in [0.1, 0.15) is 10.4 Å². The maximum absolute atomic E-state index is 14.0. The van der Waals surface area contributed by atoms with Crippen LogP contribution in [0.25, 0.3) is 0 Å². The number of carbonyl (C=O) groups is 1. The van der Waals surface area contributed by atoms with Gasteiger partial charge in [0.05, 0.1) is 22.7 Å².